The summed E-state index contributed by atoms with van der Waals surface area (Å²) in [6, 6.07) is 0. The van der Waals surface area contributed by atoms with Gasteiger partial charge in [0.15, 0.2) is 0 Å². The number of hydrogen-bond acceptors (Lipinski definition) is 4. The van der Waals surface area contributed by atoms with Crippen molar-refractivity contribution in [1.82, 2.24) is 15.1 Å². The van der Waals surface area contributed by atoms with Gasteiger partial charge in [0.05, 0.1) is 12.7 Å². The number of aromatic hydroxyl groups is 1. The highest BCUT2D eigenvalue weighted by Gasteiger charge is 2.20. The lowest BCUT2D eigenvalue weighted by atomic mass is 10.5. The number of hydrogen-bond donors (Lipinski definition) is 3. The minimum absolute atomic E-state index is 0.146. The number of nitrogens with zero attached hydrogens (tertiary/aromatic N) is 2. The minimum Gasteiger partial charge on any atom is -0.493 e. The van der Waals surface area contributed by atoms with E-state index in [0.29, 0.717) is 13.0 Å². The first-order valence-corrected chi connectivity index (χ1v) is 3.75. The molecule has 0 radical (unpaired) electrons. The molecule has 1 amide bonds. The van der Waals surface area contributed by atoms with Crippen molar-refractivity contribution in [3.05, 3.63) is 16.7 Å². The van der Waals surface area contributed by atoms with Crippen molar-refractivity contribution in [3.63, 3.8) is 0 Å². The number of H-pyrrole nitrogens is 1. The molecule has 7 nitrogen and oxygen atoms in total. The molecular formula is C6H8N4O3. The maximum atomic E-state index is 11.1. The third kappa shape index (κ3) is 1.24. The molecule has 1 aromatic rings. The van der Waals surface area contributed by atoms with E-state index in [1.165, 1.54) is 11.3 Å². The molecule has 0 atom stereocenters. The Balaban J connectivity index is 2.30. The molecule has 3 N–H and O–H groups in total. The van der Waals surface area contributed by atoms with Crippen LogP contribution in [0.5, 0.6) is 5.88 Å². The number of hydrazine groups is 1. The summed E-state index contributed by atoms with van der Waals surface area (Å²) in [5.41, 5.74) is 1.96. The van der Waals surface area contributed by atoms with Crippen molar-refractivity contribution < 1.29 is 9.90 Å². The lowest BCUT2D eigenvalue weighted by Crippen LogP contribution is -2.46. The van der Waals surface area contributed by atoms with Crippen LogP contribution in [0.2, 0.25) is 0 Å². The number of aromatic amines is 1. The van der Waals surface area contributed by atoms with Crippen molar-refractivity contribution in [1.29, 1.82) is 0 Å². The van der Waals surface area contributed by atoms with Gasteiger partial charge in [0.25, 0.3) is 0 Å². The molecule has 2 heterocycles. The molecule has 0 aliphatic carbocycles. The molecule has 0 aromatic carbocycles. The van der Waals surface area contributed by atoms with Crippen molar-refractivity contribution in [3.8, 4) is 5.88 Å². The second-order valence-corrected chi connectivity index (χ2v) is 2.70. The van der Waals surface area contributed by atoms with E-state index in [1.54, 1.807) is 0 Å². The summed E-state index contributed by atoms with van der Waals surface area (Å²) in [6.07, 6.45) is 1.55. The molecule has 13 heavy (non-hydrogen) atoms. The lowest BCUT2D eigenvalue weighted by Gasteiger charge is -2.15. The largest absolute Gasteiger partial charge is 0.493 e. The van der Waals surface area contributed by atoms with E-state index < -0.39 is 5.69 Å². The van der Waals surface area contributed by atoms with Gasteiger partial charge in [0, 0.05) is 6.42 Å². The monoisotopic (exact) mass is 184 g/mol. The molecule has 70 valence electrons. The summed E-state index contributed by atoms with van der Waals surface area (Å²) in [6.45, 7) is 0.413. The third-order valence-electron chi connectivity index (χ3n) is 1.75. The highest BCUT2D eigenvalue weighted by molar-refractivity contribution is 5.79. The van der Waals surface area contributed by atoms with Gasteiger partial charge in [-0.2, -0.15) is 4.68 Å². The van der Waals surface area contributed by atoms with E-state index in [1.807, 2.05) is 0 Å². The Bertz CT molecular complexity index is 393. The number of rotatable bonds is 1. The molecule has 2 rings (SSSR count). The van der Waals surface area contributed by atoms with Gasteiger partial charge in [-0.3, -0.25) is 15.2 Å². The van der Waals surface area contributed by atoms with Gasteiger partial charge in [-0.1, -0.05) is 0 Å². The van der Waals surface area contributed by atoms with Gasteiger partial charge in [-0.05, 0) is 0 Å². The predicted octanol–water partition coefficient (Wildman–Crippen LogP) is -1.75. The molecule has 0 saturated carbocycles. The van der Waals surface area contributed by atoms with Crippen LogP contribution in [0.1, 0.15) is 6.42 Å². The van der Waals surface area contributed by atoms with Crippen molar-refractivity contribution in [2.75, 3.05) is 11.7 Å². The number of nitrogens with one attached hydrogen (secondary N) is 2. The molecule has 1 fully saturated rings. The minimum atomic E-state index is -0.486. The molecule has 0 spiro atoms. The first kappa shape index (κ1) is 7.71. The predicted molar refractivity (Wildman–Crippen MR) is 42.6 cm³/mol. The van der Waals surface area contributed by atoms with Gasteiger partial charge in [-0.15, -0.1) is 0 Å². The van der Waals surface area contributed by atoms with Crippen LogP contribution >= 0.6 is 0 Å². The van der Waals surface area contributed by atoms with Crippen molar-refractivity contribution in [2.24, 2.45) is 0 Å². The van der Waals surface area contributed by atoms with Crippen LogP contribution in [0.15, 0.2) is 11.0 Å². The van der Waals surface area contributed by atoms with Crippen LogP contribution in [0.4, 0.5) is 0 Å². The second-order valence-electron chi connectivity index (χ2n) is 2.70. The number of aromatic nitrogens is 2. The van der Waals surface area contributed by atoms with Gasteiger partial charge in [0.1, 0.15) is 0 Å². The molecule has 0 unspecified atom stereocenters. The zero-order chi connectivity index (χ0) is 9.42. The zero-order valence-corrected chi connectivity index (χ0v) is 6.65. The molecular weight excluding hydrogens is 176 g/mol. The highest BCUT2D eigenvalue weighted by atomic mass is 16.3. The van der Waals surface area contributed by atoms with E-state index in [9.17, 15) is 9.59 Å². The third-order valence-corrected chi connectivity index (χ3v) is 1.75. The van der Waals surface area contributed by atoms with E-state index in [2.05, 4.69) is 10.4 Å². The molecule has 0 bridgehead atoms. The number of imidazole rings is 1. The summed E-state index contributed by atoms with van der Waals surface area (Å²) < 4.78 is 1.11. The molecule has 1 aliphatic heterocycles. The Labute approximate surface area is 72.5 Å². The van der Waals surface area contributed by atoms with Crippen LogP contribution in [-0.4, -0.2) is 27.2 Å². The quantitative estimate of drug-likeness (QED) is 0.483. The van der Waals surface area contributed by atoms with E-state index in [-0.39, 0.29) is 11.8 Å². The normalized spacial score (nSPS) is 16.3. The first-order chi connectivity index (χ1) is 6.16. The fraction of sp³-hybridized carbons (Fsp3) is 0.333. The van der Waals surface area contributed by atoms with Crippen LogP contribution < -0.4 is 16.2 Å². The van der Waals surface area contributed by atoms with Crippen LogP contribution in [0, 0.1) is 0 Å². The van der Waals surface area contributed by atoms with Crippen molar-refractivity contribution in [2.45, 2.75) is 6.42 Å². The van der Waals surface area contributed by atoms with Crippen molar-refractivity contribution >= 4 is 5.91 Å². The molecule has 1 aliphatic rings. The van der Waals surface area contributed by atoms with Crippen LogP contribution in [0.25, 0.3) is 0 Å². The SMILES string of the molecule is O=C1CCN(n2cc(O)[nH]c2=O)N1. The van der Waals surface area contributed by atoms with Crippen LogP contribution in [0.3, 0.4) is 0 Å². The fourth-order valence-electron chi connectivity index (χ4n) is 1.18. The summed E-state index contributed by atoms with van der Waals surface area (Å²) in [7, 11) is 0. The standard InChI is InChI=1S/C6H8N4O3/c11-4-1-2-10(8-4)9-3-5(12)7-6(9)13/h3,12H,1-2H2,(H,7,13)(H,8,11). The Morgan fingerprint density at radius 3 is 2.69 bits per heavy atom. The van der Waals surface area contributed by atoms with Gasteiger partial charge >= 0.3 is 5.69 Å². The van der Waals surface area contributed by atoms with E-state index in [4.69, 9.17) is 5.11 Å². The average molecular weight is 184 g/mol. The second kappa shape index (κ2) is 2.54. The first-order valence-electron chi connectivity index (χ1n) is 3.75. The number of carbonyl (C=O) groups is 1. The van der Waals surface area contributed by atoms with Crippen LogP contribution in [-0.2, 0) is 4.79 Å². The molecule has 1 saturated heterocycles. The summed E-state index contributed by atoms with van der Waals surface area (Å²) in [5, 5.41) is 10.3. The van der Waals surface area contributed by atoms with E-state index >= 15 is 0 Å². The smallest absolute Gasteiger partial charge is 0.348 e. The Kier molecular flexibility index (Phi) is 1.51. The summed E-state index contributed by atoms with van der Waals surface area (Å²) in [5.74, 6) is -0.376. The lowest BCUT2D eigenvalue weighted by molar-refractivity contribution is -0.119. The number of amides is 1. The van der Waals surface area contributed by atoms with E-state index in [0.717, 1.165) is 4.68 Å². The Morgan fingerprint density at radius 2 is 2.23 bits per heavy atom. The zero-order valence-electron chi connectivity index (χ0n) is 6.65. The topological polar surface area (TPSA) is 90.4 Å². The van der Waals surface area contributed by atoms with Gasteiger partial charge in [-0.25, -0.2) is 9.91 Å². The molecule has 7 heteroatoms. The Morgan fingerprint density at radius 1 is 1.46 bits per heavy atom. The van der Waals surface area contributed by atoms with Gasteiger partial charge < -0.3 is 5.11 Å². The Hall–Kier alpha value is -1.92. The maximum Gasteiger partial charge on any atom is 0.348 e. The highest BCUT2D eigenvalue weighted by Crippen LogP contribution is 2.01. The maximum absolute atomic E-state index is 11.1. The average Bonchev–Trinajstić information content (AvgIpc) is 2.58. The molecule has 1 aromatic heterocycles. The fourth-order valence-corrected chi connectivity index (χ4v) is 1.18. The summed E-state index contributed by atoms with van der Waals surface area (Å²) >= 11 is 0. The summed E-state index contributed by atoms with van der Waals surface area (Å²) in [4.78, 5) is 24.1. The number of carbonyl (C=O) groups excluding carboxylic acids is 1. The van der Waals surface area contributed by atoms with Gasteiger partial charge in [0.2, 0.25) is 11.8 Å².